The molecular weight excluding hydrogens is 460 g/mol. The quantitative estimate of drug-likeness (QED) is 0.399. The lowest BCUT2D eigenvalue weighted by molar-refractivity contribution is -0.119. The van der Waals surface area contributed by atoms with Gasteiger partial charge in [0, 0.05) is 27.7 Å². The zero-order valence-corrected chi connectivity index (χ0v) is 20.8. The van der Waals surface area contributed by atoms with Gasteiger partial charge in [-0.15, -0.1) is 0 Å². The van der Waals surface area contributed by atoms with Crippen molar-refractivity contribution in [2.24, 2.45) is 5.10 Å². The number of sulfonamides is 1. The van der Waals surface area contributed by atoms with Crippen molar-refractivity contribution >= 4 is 39.4 Å². The fraction of sp³-hybridized carbons (Fsp3) is 0.250. The van der Waals surface area contributed by atoms with E-state index in [-0.39, 0.29) is 6.54 Å². The fourth-order valence-electron chi connectivity index (χ4n) is 3.74. The Morgan fingerprint density at radius 3 is 2.24 bits per heavy atom. The first kappa shape index (κ1) is 24.5. The van der Waals surface area contributed by atoms with Crippen molar-refractivity contribution in [3.8, 4) is 5.69 Å². The van der Waals surface area contributed by atoms with Crippen molar-refractivity contribution in [1.82, 2.24) is 9.99 Å². The molecule has 0 atom stereocenters. The first-order valence-corrected chi connectivity index (χ1v) is 12.5. The Kier molecular flexibility index (Phi) is 7.29. The van der Waals surface area contributed by atoms with Crippen molar-refractivity contribution < 1.29 is 13.2 Å². The number of nitrogens with one attached hydrogen (secondary N) is 1. The summed E-state index contributed by atoms with van der Waals surface area (Å²) in [6.07, 6.45) is 2.63. The second kappa shape index (κ2) is 9.80. The maximum atomic E-state index is 12.5. The number of aromatic nitrogens is 1. The third kappa shape index (κ3) is 6.03. The molecule has 0 radical (unpaired) electrons. The third-order valence-electron chi connectivity index (χ3n) is 5.13. The number of carbonyl (C=O) groups excluding carboxylic acids is 1. The number of halogens is 1. The van der Waals surface area contributed by atoms with Gasteiger partial charge in [0.2, 0.25) is 10.0 Å². The van der Waals surface area contributed by atoms with Gasteiger partial charge in [-0.2, -0.15) is 5.10 Å². The Morgan fingerprint density at radius 1 is 1.06 bits per heavy atom. The summed E-state index contributed by atoms with van der Waals surface area (Å²) in [5.74, 6) is -0.539. The third-order valence-corrected chi connectivity index (χ3v) is 6.52. The van der Waals surface area contributed by atoms with Crippen LogP contribution in [0.25, 0.3) is 5.69 Å². The van der Waals surface area contributed by atoms with E-state index >= 15 is 0 Å². The smallest absolute Gasteiger partial charge is 0.260 e. The summed E-state index contributed by atoms with van der Waals surface area (Å²) < 4.78 is 27.8. The molecule has 0 aliphatic carbocycles. The van der Waals surface area contributed by atoms with Crippen molar-refractivity contribution in [2.75, 3.05) is 17.1 Å². The molecule has 3 aromatic rings. The number of hydrazone groups is 1. The number of nitrogens with zero attached hydrogens (tertiary/aromatic N) is 3. The van der Waals surface area contributed by atoms with Crippen molar-refractivity contribution in [3.63, 3.8) is 0 Å². The van der Waals surface area contributed by atoms with Gasteiger partial charge < -0.3 is 4.57 Å². The minimum Gasteiger partial charge on any atom is -0.318 e. The lowest BCUT2D eigenvalue weighted by Crippen LogP contribution is -2.39. The number of benzene rings is 2. The van der Waals surface area contributed by atoms with Crippen LogP contribution >= 0.6 is 11.6 Å². The molecule has 0 saturated heterocycles. The van der Waals surface area contributed by atoms with Gasteiger partial charge in [-0.3, -0.25) is 9.10 Å². The SMILES string of the molecule is Cc1cc(C)cc(N(CC(=O)N/N=C\c2cc(C)n(-c3ccc(Cl)cc3)c2C)S(C)(=O)=O)c1. The van der Waals surface area contributed by atoms with Crippen LogP contribution in [0.4, 0.5) is 5.69 Å². The molecule has 0 unspecified atom stereocenters. The summed E-state index contributed by atoms with van der Waals surface area (Å²) in [5.41, 5.74) is 8.44. The number of hydrogen-bond acceptors (Lipinski definition) is 4. The van der Waals surface area contributed by atoms with E-state index in [9.17, 15) is 13.2 Å². The maximum absolute atomic E-state index is 12.5. The molecule has 1 amide bonds. The number of rotatable bonds is 7. The second-order valence-corrected chi connectivity index (χ2v) is 10.4. The lowest BCUT2D eigenvalue weighted by Gasteiger charge is -2.22. The van der Waals surface area contributed by atoms with E-state index in [0.717, 1.165) is 44.3 Å². The van der Waals surface area contributed by atoms with Crippen LogP contribution in [0.15, 0.2) is 53.6 Å². The number of anilines is 1. The molecule has 1 aromatic heterocycles. The molecule has 0 aliphatic rings. The van der Waals surface area contributed by atoms with E-state index in [4.69, 9.17) is 11.6 Å². The van der Waals surface area contributed by atoms with Gasteiger partial charge in [0.1, 0.15) is 6.54 Å². The topological polar surface area (TPSA) is 83.8 Å². The first-order valence-electron chi connectivity index (χ1n) is 10.3. The zero-order valence-electron chi connectivity index (χ0n) is 19.3. The average Bonchev–Trinajstić information content (AvgIpc) is 2.98. The van der Waals surface area contributed by atoms with Crippen molar-refractivity contribution in [3.05, 3.63) is 81.6 Å². The minimum absolute atomic E-state index is 0.372. The van der Waals surface area contributed by atoms with Gasteiger partial charge in [-0.1, -0.05) is 17.7 Å². The summed E-state index contributed by atoms with van der Waals surface area (Å²) in [7, 11) is -3.66. The molecule has 1 N–H and O–H groups in total. The van der Waals surface area contributed by atoms with Gasteiger partial charge in [-0.05, 0) is 81.3 Å². The minimum atomic E-state index is -3.66. The van der Waals surface area contributed by atoms with Gasteiger partial charge in [0.25, 0.3) is 5.91 Å². The first-order chi connectivity index (χ1) is 15.5. The molecule has 174 valence electrons. The van der Waals surface area contributed by atoms with Gasteiger partial charge in [0.15, 0.2) is 0 Å². The van der Waals surface area contributed by atoms with Crippen molar-refractivity contribution in [2.45, 2.75) is 27.7 Å². The van der Waals surface area contributed by atoms with Crippen LogP contribution in [0.1, 0.15) is 28.1 Å². The second-order valence-electron chi connectivity index (χ2n) is 8.05. The summed E-state index contributed by atoms with van der Waals surface area (Å²) in [5, 5.41) is 4.71. The molecule has 0 aliphatic heterocycles. The predicted octanol–water partition coefficient (Wildman–Crippen LogP) is 4.28. The highest BCUT2D eigenvalue weighted by Crippen LogP contribution is 2.22. The van der Waals surface area contributed by atoms with Gasteiger partial charge in [-0.25, -0.2) is 13.8 Å². The fourth-order valence-corrected chi connectivity index (χ4v) is 4.71. The Labute approximate surface area is 199 Å². The highest BCUT2D eigenvalue weighted by Gasteiger charge is 2.21. The Morgan fingerprint density at radius 2 is 1.67 bits per heavy atom. The molecule has 33 heavy (non-hydrogen) atoms. The van der Waals surface area contributed by atoms with Crippen LogP contribution in [-0.2, 0) is 14.8 Å². The molecule has 0 fully saturated rings. The summed E-state index contributed by atoms with van der Waals surface area (Å²) in [6, 6.07) is 14.9. The van der Waals surface area contributed by atoms with E-state index in [1.165, 1.54) is 0 Å². The summed E-state index contributed by atoms with van der Waals surface area (Å²) in [4.78, 5) is 12.5. The zero-order chi connectivity index (χ0) is 24.3. The largest absolute Gasteiger partial charge is 0.318 e. The van der Waals surface area contributed by atoms with Gasteiger partial charge in [0.05, 0.1) is 18.2 Å². The van der Waals surface area contributed by atoms with E-state index < -0.39 is 15.9 Å². The predicted molar refractivity (Wildman–Crippen MR) is 134 cm³/mol. The standard InChI is InChI=1S/C24H27ClN4O3S/c1-16-10-17(2)12-23(11-16)28(33(5,31)32)15-24(30)27-26-14-20-13-18(3)29(19(20)4)22-8-6-21(25)7-9-22/h6-14H,15H2,1-5H3,(H,27,30)/b26-14-. The van der Waals surface area contributed by atoms with Crippen LogP contribution in [0.3, 0.4) is 0 Å². The molecule has 0 spiro atoms. The van der Waals surface area contributed by atoms with Crippen LogP contribution in [0, 0.1) is 27.7 Å². The lowest BCUT2D eigenvalue weighted by atomic mass is 10.1. The summed E-state index contributed by atoms with van der Waals surface area (Å²) in [6.45, 7) is 7.31. The Hall–Kier alpha value is -3.10. The van der Waals surface area contributed by atoms with Crippen LogP contribution < -0.4 is 9.73 Å². The number of hydrogen-bond donors (Lipinski definition) is 1. The normalized spacial score (nSPS) is 11.7. The van der Waals surface area contributed by atoms with Crippen LogP contribution in [-0.4, -0.2) is 37.9 Å². The van der Waals surface area contributed by atoms with Crippen molar-refractivity contribution in [1.29, 1.82) is 0 Å². The molecule has 9 heteroatoms. The van der Waals surface area contributed by atoms with E-state index in [0.29, 0.717) is 10.7 Å². The Bertz CT molecular complexity index is 1290. The van der Waals surface area contributed by atoms with Crippen LogP contribution in [0.5, 0.6) is 0 Å². The number of carbonyl (C=O) groups is 1. The molecule has 1 heterocycles. The monoisotopic (exact) mass is 486 g/mol. The van der Waals surface area contributed by atoms with E-state index in [2.05, 4.69) is 15.1 Å². The molecule has 3 rings (SSSR count). The average molecular weight is 487 g/mol. The van der Waals surface area contributed by atoms with E-state index in [1.807, 2.05) is 64.1 Å². The van der Waals surface area contributed by atoms with Gasteiger partial charge >= 0.3 is 0 Å². The molecular formula is C24H27ClN4O3S. The van der Waals surface area contributed by atoms with E-state index in [1.54, 1.807) is 18.3 Å². The number of aryl methyl sites for hydroxylation is 3. The molecule has 2 aromatic carbocycles. The molecule has 0 saturated carbocycles. The van der Waals surface area contributed by atoms with Crippen LogP contribution in [0.2, 0.25) is 5.02 Å². The number of amides is 1. The molecule has 7 nitrogen and oxygen atoms in total. The highest BCUT2D eigenvalue weighted by molar-refractivity contribution is 7.92. The Balaban J connectivity index is 1.75. The maximum Gasteiger partial charge on any atom is 0.260 e. The summed E-state index contributed by atoms with van der Waals surface area (Å²) >= 11 is 5.99. The highest BCUT2D eigenvalue weighted by atomic mass is 35.5. The molecule has 0 bridgehead atoms.